The molecule has 8 heteroatoms. The predicted octanol–water partition coefficient (Wildman–Crippen LogP) is 6.42. The second kappa shape index (κ2) is 9.58. The summed E-state index contributed by atoms with van der Waals surface area (Å²) >= 11 is 2.96. The first-order chi connectivity index (χ1) is 15.5. The number of methoxy groups -OCH3 is 1. The summed E-state index contributed by atoms with van der Waals surface area (Å²) in [6.45, 7) is 5.99. The number of ether oxygens (including phenoxy) is 1. The zero-order chi connectivity index (χ0) is 22.7. The summed E-state index contributed by atoms with van der Waals surface area (Å²) < 4.78 is 12.2. The largest absolute Gasteiger partial charge is 0.496 e. The molecule has 0 saturated heterocycles. The van der Waals surface area contributed by atoms with E-state index in [1.807, 2.05) is 26.0 Å². The molecule has 1 N–H and O–H groups in total. The fourth-order valence-corrected chi connectivity index (χ4v) is 5.00. The van der Waals surface area contributed by atoms with E-state index in [9.17, 15) is 4.79 Å². The van der Waals surface area contributed by atoms with Gasteiger partial charge in [0, 0.05) is 28.7 Å². The molecular weight excluding hydrogens is 442 g/mol. The third kappa shape index (κ3) is 4.71. The molecule has 0 unspecified atom stereocenters. The van der Waals surface area contributed by atoms with Crippen molar-refractivity contribution in [3.05, 3.63) is 59.9 Å². The molecule has 0 aliphatic heterocycles. The van der Waals surface area contributed by atoms with Gasteiger partial charge in [0.05, 0.1) is 13.4 Å². The lowest BCUT2D eigenvalue weighted by atomic mass is 9.99. The molecule has 2 aromatic carbocycles. The molecule has 4 rings (SSSR count). The van der Waals surface area contributed by atoms with Gasteiger partial charge in [-0.15, -0.1) is 10.2 Å². The fraction of sp³-hybridized carbons (Fsp3) is 0.208. The molecule has 0 atom stereocenters. The Morgan fingerprint density at radius 2 is 2.03 bits per heavy atom. The number of thioether (sulfide) groups is 1. The first kappa shape index (κ1) is 22.1. The summed E-state index contributed by atoms with van der Waals surface area (Å²) in [6.07, 6.45) is 3.30. The van der Waals surface area contributed by atoms with Gasteiger partial charge in [-0.05, 0) is 36.8 Å². The van der Waals surface area contributed by atoms with E-state index in [-0.39, 0.29) is 5.91 Å². The molecule has 2 heterocycles. The molecule has 32 heavy (non-hydrogen) atoms. The molecule has 0 spiro atoms. The summed E-state index contributed by atoms with van der Waals surface area (Å²) in [5, 5.41) is 12.3. The van der Waals surface area contributed by atoms with Crippen molar-refractivity contribution >= 4 is 50.7 Å². The van der Waals surface area contributed by atoms with E-state index in [0.29, 0.717) is 10.9 Å². The number of nitrogens with one attached hydrogen (secondary N) is 1. The van der Waals surface area contributed by atoms with Gasteiger partial charge in [-0.3, -0.25) is 10.1 Å². The van der Waals surface area contributed by atoms with Crippen molar-refractivity contribution in [1.29, 1.82) is 0 Å². The van der Waals surface area contributed by atoms with Gasteiger partial charge in [-0.2, -0.15) is 0 Å². The monoisotopic (exact) mass is 465 g/mol. The molecule has 0 aliphatic carbocycles. The van der Waals surface area contributed by atoms with E-state index < -0.39 is 0 Å². The van der Waals surface area contributed by atoms with Crippen LogP contribution >= 0.6 is 23.1 Å². The Balaban J connectivity index is 1.65. The normalized spacial score (nSPS) is 11.7. The lowest BCUT2D eigenvalue weighted by Crippen LogP contribution is -2.08. The quantitative estimate of drug-likeness (QED) is 0.193. The van der Waals surface area contributed by atoms with Crippen molar-refractivity contribution in [2.24, 2.45) is 0 Å². The molecule has 0 fully saturated rings. The van der Waals surface area contributed by atoms with Gasteiger partial charge in [-0.1, -0.05) is 59.9 Å². The van der Waals surface area contributed by atoms with Crippen LogP contribution in [-0.2, 0) is 4.79 Å². The SMILES string of the molecule is CCSc1nnc(NC(=O)/C=C(\C)c2cc3c(-c4ccc(C)cc4)coc3cc2OC)s1. The molecule has 164 valence electrons. The number of anilines is 1. The third-order valence-electron chi connectivity index (χ3n) is 4.94. The zero-order valence-corrected chi connectivity index (χ0v) is 19.9. The minimum absolute atomic E-state index is 0.264. The molecule has 6 nitrogen and oxygen atoms in total. The van der Waals surface area contributed by atoms with Crippen molar-refractivity contribution < 1.29 is 13.9 Å². The molecule has 0 aliphatic rings. The highest BCUT2D eigenvalue weighted by atomic mass is 32.2. The van der Waals surface area contributed by atoms with E-state index >= 15 is 0 Å². The lowest BCUT2D eigenvalue weighted by Gasteiger charge is -2.10. The number of aryl methyl sites for hydroxylation is 1. The third-order valence-corrected chi connectivity index (χ3v) is 6.79. The van der Waals surface area contributed by atoms with Crippen molar-refractivity contribution in [2.75, 3.05) is 18.2 Å². The van der Waals surface area contributed by atoms with Crippen molar-refractivity contribution in [3.63, 3.8) is 0 Å². The molecule has 2 aromatic heterocycles. The Labute approximate surface area is 194 Å². The Morgan fingerprint density at radius 1 is 1.25 bits per heavy atom. The predicted molar refractivity (Wildman–Crippen MR) is 132 cm³/mol. The molecule has 0 radical (unpaired) electrons. The maximum absolute atomic E-state index is 12.6. The van der Waals surface area contributed by atoms with E-state index in [1.54, 1.807) is 31.2 Å². The van der Waals surface area contributed by atoms with Gasteiger partial charge in [0.25, 0.3) is 0 Å². The van der Waals surface area contributed by atoms with Crippen LogP contribution in [0.4, 0.5) is 5.13 Å². The van der Waals surface area contributed by atoms with E-state index in [0.717, 1.165) is 43.3 Å². The number of carbonyl (C=O) groups excluding carboxylic acids is 1. The first-order valence-corrected chi connectivity index (χ1v) is 11.9. The standard InChI is InChI=1S/C24H23N3O3S2/c1-5-31-24-27-26-23(32-24)25-22(28)10-15(3)17-11-18-19(16-8-6-14(2)7-9-16)13-30-21(18)12-20(17)29-4/h6-13H,5H2,1-4H3,(H,25,26,28)/b15-10+. The van der Waals surface area contributed by atoms with Gasteiger partial charge < -0.3 is 9.15 Å². The maximum atomic E-state index is 12.6. The van der Waals surface area contributed by atoms with Crippen LogP contribution in [0.15, 0.2) is 57.5 Å². The molecule has 0 saturated carbocycles. The highest BCUT2D eigenvalue weighted by molar-refractivity contribution is 8.01. The highest BCUT2D eigenvalue weighted by Gasteiger charge is 2.15. The summed E-state index contributed by atoms with van der Waals surface area (Å²) in [4.78, 5) is 12.6. The minimum Gasteiger partial charge on any atom is -0.496 e. The molecule has 1 amide bonds. The maximum Gasteiger partial charge on any atom is 0.250 e. The van der Waals surface area contributed by atoms with Crippen LogP contribution in [0.5, 0.6) is 5.75 Å². The Hall–Kier alpha value is -3.10. The number of allylic oxidation sites excluding steroid dienone is 1. The molecule has 4 aromatic rings. The Kier molecular flexibility index (Phi) is 6.62. The van der Waals surface area contributed by atoms with Crippen molar-refractivity contribution in [3.8, 4) is 16.9 Å². The van der Waals surface area contributed by atoms with Crippen molar-refractivity contribution in [1.82, 2.24) is 10.2 Å². The fourth-order valence-electron chi connectivity index (χ4n) is 3.35. The Bertz CT molecular complexity index is 1290. The zero-order valence-electron chi connectivity index (χ0n) is 18.3. The van der Waals surface area contributed by atoms with Gasteiger partial charge in [-0.25, -0.2) is 0 Å². The number of rotatable bonds is 7. The van der Waals surface area contributed by atoms with E-state index in [4.69, 9.17) is 9.15 Å². The first-order valence-electron chi connectivity index (χ1n) is 10.1. The number of aromatic nitrogens is 2. The van der Waals surface area contributed by atoms with Crippen LogP contribution in [-0.4, -0.2) is 29.0 Å². The van der Waals surface area contributed by atoms with Gasteiger partial charge in [0.2, 0.25) is 11.0 Å². The van der Waals surface area contributed by atoms with Gasteiger partial charge in [0.1, 0.15) is 11.3 Å². The number of hydrogen-bond donors (Lipinski definition) is 1. The van der Waals surface area contributed by atoms with Crippen LogP contribution in [0.2, 0.25) is 0 Å². The summed E-state index contributed by atoms with van der Waals surface area (Å²) in [5.74, 6) is 1.28. The van der Waals surface area contributed by atoms with E-state index in [2.05, 4.69) is 46.7 Å². The summed E-state index contributed by atoms with van der Waals surface area (Å²) in [7, 11) is 1.61. The molecule has 0 bridgehead atoms. The van der Waals surface area contributed by atoms with E-state index in [1.165, 1.54) is 16.9 Å². The van der Waals surface area contributed by atoms with Crippen LogP contribution in [0.3, 0.4) is 0 Å². The number of fused-ring (bicyclic) bond motifs is 1. The number of furan rings is 1. The number of hydrogen-bond acceptors (Lipinski definition) is 7. The lowest BCUT2D eigenvalue weighted by molar-refractivity contribution is -0.111. The average Bonchev–Trinajstić information content (AvgIpc) is 3.39. The number of carbonyl (C=O) groups is 1. The summed E-state index contributed by atoms with van der Waals surface area (Å²) in [6, 6.07) is 12.2. The average molecular weight is 466 g/mol. The van der Waals surface area contributed by atoms with Crippen LogP contribution in [0.25, 0.3) is 27.7 Å². The van der Waals surface area contributed by atoms with Gasteiger partial charge >= 0.3 is 0 Å². The van der Waals surface area contributed by atoms with Crippen LogP contribution < -0.4 is 10.1 Å². The summed E-state index contributed by atoms with van der Waals surface area (Å²) in [5.41, 5.74) is 5.59. The number of amides is 1. The molecular formula is C24H23N3O3S2. The van der Waals surface area contributed by atoms with Crippen LogP contribution in [0, 0.1) is 6.92 Å². The highest BCUT2D eigenvalue weighted by Crippen LogP contribution is 2.37. The second-order valence-corrected chi connectivity index (χ2v) is 9.68. The van der Waals surface area contributed by atoms with Crippen molar-refractivity contribution in [2.45, 2.75) is 25.1 Å². The number of benzene rings is 2. The topological polar surface area (TPSA) is 77.3 Å². The van der Waals surface area contributed by atoms with Crippen LogP contribution in [0.1, 0.15) is 25.0 Å². The Morgan fingerprint density at radius 3 is 2.75 bits per heavy atom. The minimum atomic E-state index is -0.264. The van der Waals surface area contributed by atoms with Gasteiger partial charge in [0.15, 0.2) is 4.34 Å². The second-order valence-electron chi connectivity index (χ2n) is 7.19. The number of nitrogens with zero attached hydrogens (tertiary/aromatic N) is 2. The smallest absolute Gasteiger partial charge is 0.250 e.